The largest absolute Gasteiger partial charge is 0.495 e. The molecule has 0 aliphatic rings. The van der Waals surface area contributed by atoms with Crippen LogP contribution in [0.3, 0.4) is 0 Å². The molecule has 0 amide bonds. The molecule has 0 aliphatic carbocycles. The van der Waals surface area contributed by atoms with Crippen molar-refractivity contribution in [1.29, 1.82) is 0 Å². The monoisotopic (exact) mass is 431 g/mol. The molecule has 0 aliphatic heterocycles. The van der Waals surface area contributed by atoms with E-state index in [0.717, 1.165) is 23.0 Å². The number of hydrogen-bond donors (Lipinski definition) is 2. The molecular formula is C17H16F3N3O3S2. The standard InChI is InChI=1S/C17H16F3N3O3S2/c1-9-4-5-13(26-3)11(6-9)23-28(24,25)15-8-14(27-10(15)2)12-7-16(22-21-12)17(18,19)20/h4-8,23H,1-3H3,(H,21,22). The highest BCUT2D eigenvalue weighted by Gasteiger charge is 2.33. The van der Waals surface area contributed by atoms with Crippen LogP contribution in [-0.2, 0) is 16.2 Å². The Balaban J connectivity index is 1.96. The number of nitrogens with one attached hydrogen (secondary N) is 2. The van der Waals surface area contributed by atoms with Crippen LogP contribution in [0.1, 0.15) is 16.1 Å². The van der Waals surface area contributed by atoms with Crippen molar-refractivity contribution < 1.29 is 26.3 Å². The molecule has 2 N–H and O–H groups in total. The molecule has 6 nitrogen and oxygen atoms in total. The van der Waals surface area contributed by atoms with Crippen molar-refractivity contribution in [2.45, 2.75) is 24.9 Å². The van der Waals surface area contributed by atoms with Gasteiger partial charge in [-0.15, -0.1) is 11.3 Å². The van der Waals surface area contributed by atoms with Crippen LogP contribution in [0.5, 0.6) is 5.75 Å². The number of benzene rings is 1. The van der Waals surface area contributed by atoms with E-state index in [-0.39, 0.29) is 16.3 Å². The van der Waals surface area contributed by atoms with Crippen molar-refractivity contribution in [3.05, 3.63) is 46.5 Å². The van der Waals surface area contributed by atoms with Crippen molar-refractivity contribution >= 4 is 27.0 Å². The highest BCUT2D eigenvalue weighted by molar-refractivity contribution is 7.93. The van der Waals surface area contributed by atoms with Crippen molar-refractivity contribution in [3.8, 4) is 16.3 Å². The van der Waals surface area contributed by atoms with Crippen molar-refractivity contribution in [1.82, 2.24) is 10.2 Å². The summed E-state index contributed by atoms with van der Waals surface area (Å²) in [5.74, 6) is 0.351. The molecule has 0 radical (unpaired) electrons. The number of ether oxygens (including phenoxy) is 1. The maximum absolute atomic E-state index is 12.8. The maximum Gasteiger partial charge on any atom is 0.432 e. The number of H-pyrrole nitrogens is 1. The smallest absolute Gasteiger partial charge is 0.432 e. The van der Waals surface area contributed by atoms with E-state index in [1.54, 1.807) is 32.0 Å². The van der Waals surface area contributed by atoms with E-state index in [1.807, 2.05) is 5.10 Å². The lowest BCUT2D eigenvalue weighted by molar-refractivity contribution is -0.141. The Morgan fingerprint density at radius 3 is 2.50 bits per heavy atom. The van der Waals surface area contributed by atoms with Crippen molar-refractivity contribution in [2.75, 3.05) is 11.8 Å². The molecule has 1 aromatic carbocycles. The minimum Gasteiger partial charge on any atom is -0.495 e. The van der Waals surface area contributed by atoms with Gasteiger partial charge in [-0.05, 0) is 43.7 Å². The van der Waals surface area contributed by atoms with Crippen LogP contribution in [0.25, 0.3) is 10.6 Å². The highest BCUT2D eigenvalue weighted by Crippen LogP contribution is 2.37. The number of methoxy groups -OCH3 is 1. The number of anilines is 1. The Bertz CT molecular complexity index is 1120. The van der Waals surface area contributed by atoms with Gasteiger partial charge < -0.3 is 4.74 Å². The van der Waals surface area contributed by atoms with Crippen LogP contribution in [0.2, 0.25) is 0 Å². The summed E-state index contributed by atoms with van der Waals surface area (Å²) in [4.78, 5) is 0.694. The van der Waals surface area contributed by atoms with E-state index in [4.69, 9.17) is 4.74 Å². The van der Waals surface area contributed by atoms with Crippen LogP contribution in [0.4, 0.5) is 18.9 Å². The summed E-state index contributed by atoms with van der Waals surface area (Å²) < 4.78 is 71.6. The molecule has 0 spiro atoms. The minimum absolute atomic E-state index is 0.0232. The number of alkyl halides is 3. The Labute approximate surface area is 163 Å². The van der Waals surface area contributed by atoms with E-state index in [1.165, 1.54) is 13.2 Å². The average Bonchev–Trinajstić information content (AvgIpc) is 3.21. The summed E-state index contributed by atoms with van der Waals surface area (Å²) >= 11 is 1.04. The van der Waals surface area contributed by atoms with Gasteiger partial charge in [0.25, 0.3) is 10.0 Å². The zero-order chi connectivity index (χ0) is 20.7. The first kappa shape index (κ1) is 20.2. The molecular weight excluding hydrogens is 415 g/mol. The van der Waals surface area contributed by atoms with Gasteiger partial charge in [0.2, 0.25) is 0 Å². The van der Waals surface area contributed by atoms with Crippen molar-refractivity contribution in [3.63, 3.8) is 0 Å². The van der Waals surface area contributed by atoms with Crippen LogP contribution in [0, 0.1) is 13.8 Å². The fourth-order valence-electron chi connectivity index (χ4n) is 2.55. The SMILES string of the molecule is COc1ccc(C)cc1NS(=O)(=O)c1cc(-c2cc(C(F)(F)F)[nH]n2)sc1C. The predicted octanol–water partition coefficient (Wildman–Crippen LogP) is 4.58. The molecule has 2 aromatic heterocycles. The second-order valence-electron chi connectivity index (χ2n) is 6.00. The molecule has 0 fully saturated rings. The number of aromatic amines is 1. The van der Waals surface area contributed by atoms with E-state index in [2.05, 4.69) is 9.82 Å². The van der Waals surface area contributed by atoms with Gasteiger partial charge in [0.1, 0.15) is 22.0 Å². The first-order valence-corrected chi connectivity index (χ1v) is 10.2. The number of aryl methyl sites for hydroxylation is 2. The van der Waals surface area contributed by atoms with Crippen LogP contribution < -0.4 is 9.46 Å². The summed E-state index contributed by atoms with van der Waals surface area (Å²) in [7, 11) is -2.56. The first-order chi connectivity index (χ1) is 13.0. The summed E-state index contributed by atoms with van der Waals surface area (Å²) in [6, 6.07) is 7.20. The lowest BCUT2D eigenvalue weighted by atomic mass is 10.2. The highest BCUT2D eigenvalue weighted by atomic mass is 32.2. The number of nitrogens with zero attached hydrogens (tertiary/aromatic N) is 1. The van der Waals surface area contributed by atoms with Gasteiger partial charge >= 0.3 is 6.18 Å². The van der Waals surface area contributed by atoms with Crippen LogP contribution >= 0.6 is 11.3 Å². The van der Waals surface area contributed by atoms with Crippen LogP contribution in [-0.4, -0.2) is 25.7 Å². The minimum atomic E-state index is -4.56. The molecule has 11 heteroatoms. The predicted molar refractivity (Wildman–Crippen MR) is 100 cm³/mol. The number of rotatable bonds is 5. The normalized spacial score (nSPS) is 12.2. The van der Waals surface area contributed by atoms with E-state index in [0.29, 0.717) is 15.5 Å². The molecule has 150 valence electrons. The summed E-state index contributed by atoms with van der Waals surface area (Å²) in [5, 5.41) is 5.57. The van der Waals surface area contributed by atoms with Gasteiger partial charge in [-0.2, -0.15) is 18.3 Å². The third-order valence-corrected chi connectivity index (χ3v) is 6.59. The number of thiophene rings is 1. The van der Waals surface area contributed by atoms with E-state index < -0.39 is 21.9 Å². The number of hydrogen-bond acceptors (Lipinski definition) is 5. The number of aromatic nitrogens is 2. The first-order valence-electron chi connectivity index (χ1n) is 7.92. The zero-order valence-corrected chi connectivity index (χ0v) is 16.6. The lowest BCUT2D eigenvalue weighted by Gasteiger charge is -2.12. The molecule has 2 heterocycles. The zero-order valence-electron chi connectivity index (χ0n) is 15.0. The molecule has 0 saturated heterocycles. The molecule has 3 rings (SSSR count). The topological polar surface area (TPSA) is 84.1 Å². The fourth-order valence-corrected chi connectivity index (χ4v) is 5.17. The summed E-state index contributed by atoms with van der Waals surface area (Å²) in [6.07, 6.45) is -4.56. The van der Waals surface area contributed by atoms with Gasteiger partial charge in [-0.25, -0.2) is 8.42 Å². The molecule has 0 atom stereocenters. The second-order valence-corrected chi connectivity index (χ2v) is 8.91. The third kappa shape index (κ3) is 3.99. The number of sulfonamides is 1. The van der Waals surface area contributed by atoms with E-state index in [9.17, 15) is 21.6 Å². The molecule has 28 heavy (non-hydrogen) atoms. The van der Waals surface area contributed by atoms with E-state index >= 15 is 0 Å². The summed E-state index contributed by atoms with van der Waals surface area (Å²) in [6.45, 7) is 3.38. The summed E-state index contributed by atoms with van der Waals surface area (Å²) in [5.41, 5.74) is 0.127. The third-order valence-electron chi connectivity index (χ3n) is 3.90. The number of halogens is 3. The lowest BCUT2D eigenvalue weighted by Crippen LogP contribution is -2.14. The van der Waals surface area contributed by atoms with Gasteiger partial charge in [0.15, 0.2) is 0 Å². The Morgan fingerprint density at radius 2 is 1.89 bits per heavy atom. The van der Waals surface area contributed by atoms with Gasteiger partial charge in [-0.3, -0.25) is 9.82 Å². The Morgan fingerprint density at radius 1 is 1.18 bits per heavy atom. The molecule has 0 unspecified atom stereocenters. The second kappa shape index (κ2) is 7.13. The molecule has 0 bridgehead atoms. The average molecular weight is 431 g/mol. The van der Waals surface area contributed by atoms with Gasteiger partial charge in [-0.1, -0.05) is 6.07 Å². The maximum atomic E-state index is 12.8. The molecule has 3 aromatic rings. The van der Waals surface area contributed by atoms with Crippen LogP contribution in [0.15, 0.2) is 35.2 Å². The van der Waals surface area contributed by atoms with Gasteiger partial charge in [0, 0.05) is 4.88 Å². The van der Waals surface area contributed by atoms with Gasteiger partial charge in [0.05, 0.1) is 17.7 Å². The Hall–Kier alpha value is -2.53. The van der Waals surface area contributed by atoms with Crippen molar-refractivity contribution in [2.24, 2.45) is 0 Å². The fraction of sp³-hybridized carbons (Fsp3) is 0.235. The molecule has 0 saturated carbocycles. The quantitative estimate of drug-likeness (QED) is 0.619. The Kier molecular flexibility index (Phi) is 5.15.